The van der Waals surface area contributed by atoms with Gasteiger partial charge in [-0.2, -0.15) is 16.8 Å². The summed E-state index contributed by atoms with van der Waals surface area (Å²) < 4.78 is 55.9. The molecule has 4 rings (SSSR count). The molecular formula is C27H22O7S2. The third-order valence-corrected chi connectivity index (χ3v) is 6.15. The zero-order valence-corrected chi connectivity index (χ0v) is 21.0. The highest BCUT2D eigenvalue weighted by atomic mass is 32.2. The lowest BCUT2D eigenvalue weighted by Gasteiger charge is -2.12. The van der Waals surface area contributed by atoms with Crippen LogP contribution in [0.3, 0.4) is 0 Å². The molecule has 7 nitrogen and oxygen atoms in total. The van der Waals surface area contributed by atoms with Crippen LogP contribution in [0.15, 0.2) is 97.1 Å². The van der Waals surface area contributed by atoms with Crippen molar-refractivity contribution in [3.63, 3.8) is 0 Å². The lowest BCUT2D eigenvalue weighted by molar-refractivity contribution is 0.103. The first-order chi connectivity index (χ1) is 17.0. The molecule has 0 aromatic heterocycles. The number of rotatable bonds is 8. The van der Waals surface area contributed by atoms with Gasteiger partial charge in [0.2, 0.25) is 0 Å². The van der Waals surface area contributed by atoms with Gasteiger partial charge >= 0.3 is 20.2 Å². The van der Waals surface area contributed by atoms with Crippen LogP contribution in [0.2, 0.25) is 0 Å². The predicted molar refractivity (Wildman–Crippen MR) is 138 cm³/mol. The van der Waals surface area contributed by atoms with E-state index in [4.69, 9.17) is 8.37 Å². The van der Waals surface area contributed by atoms with E-state index in [2.05, 4.69) is 0 Å². The Kier molecular flexibility index (Phi) is 6.96. The van der Waals surface area contributed by atoms with Crippen LogP contribution in [-0.2, 0) is 20.2 Å². The van der Waals surface area contributed by atoms with Gasteiger partial charge < -0.3 is 8.37 Å². The van der Waals surface area contributed by atoms with E-state index in [9.17, 15) is 21.6 Å². The van der Waals surface area contributed by atoms with Crippen LogP contribution < -0.4 is 8.37 Å². The minimum atomic E-state index is -3.70. The van der Waals surface area contributed by atoms with Crippen LogP contribution in [0, 0.1) is 0 Å². The van der Waals surface area contributed by atoms with Crippen molar-refractivity contribution in [3.05, 3.63) is 108 Å². The normalized spacial score (nSPS) is 11.6. The molecule has 184 valence electrons. The summed E-state index contributed by atoms with van der Waals surface area (Å²) in [7, 11) is -7.34. The first-order valence-corrected chi connectivity index (χ1v) is 14.4. The van der Waals surface area contributed by atoms with Crippen LogP contribution in [0.4, 0.5) is 0 Å². The first kappa shape index (κ1) is 25.2. The molecule has 0 atom stereocenters. The van der Waals surface area contributed by atoms with Crippen molar-refractivity contribution in [2.24, 2.45) is 0 Å². The number of carbonyl (C=O) groups is 1. The average molecular weight is 523 g/mol. The monoisotopic (exact) mass is 522 g/mol. The van der Waals surface area contributed by atoms with E-state index in [1.807, 2.05) is 12.1 Å². The minimum Gasteiger partial charge on any atom is -0.383 e. The zero-order valence-electron chi connectivity index (χ0n) is 19.4. The molecule has 36 heavy (non-hydrogen) atoms. The third kappa shape index (κ3) is 6.18. The van der Waals surface area contributed by atoms with Crippen molar-refractivity contribution in [3.8, 4) is 33.8 Å². The van der Waals surface area contributed by atoms with E-state index in [1.54, 1.807) is 72.8 Å². The van der Waals surface area contributed by atoms with Crippen molar-refractivity contribution in [1.29, 1.82) is 0 Å². The Bertz CT molecular complexity index is 1620. The number of hydrogen-bond donors (Lipinski definition) is 0. The van der Waals surface area contributed by atoms with E-state index in [-0.39, 0.29) is 17.3 Å². The smallest absolute Gasteiger partial charge is 0.306 e. The summed E-state index contributed by atoms with van der Waals surface area (Å²) >= 11 is 0. The van der Waals surface area contributed by atoms with Crippen LogP contribution in [0.25, 0.3) is 22.3 Å². The van der Waals surface area contributed by atoms with Gasteiger partial charge in [0.1, 0.15) is 11.5 Å². The summed E-state index contributed by atoms with van der Waals surface area (Å²) in [5.74, 6) is 0.183. The summed E-state index contributed by atoms with van der Waals surface area (Å²) in [5, 5.41) is 0. The standard InChI is InChI=1S/C27H22O7S2/c1-35(29,30)33-22-17-15-19(16-18-22)23-7-3-4-9-25(23)27(28)21-13-11-20(12-14-21)24-8-5-6-10-26(24)34-36(2,31)32/h3-18H,1-2H3. The SMILES string of the molecule is CS(=O)(=O)Oc1ccc(-c2ccccc2C(=O)c2ccc(-c3ccccc3OS(C)(=O)=O)cc2)cc1. The average Bonchev–Trinajstić information content (AvgIpc) is 2.83. The molecule has 0 unspecified atom stereocenters. The van der Waals surface area contributed by atoms with E-state index < -0.39 is 20.2 Å². The van der Waals surface area contributed by atoms with Crippen molar-refractivity contribution in [2.45, 2.75) is 0 Å². The number of benzene rings is 4. The fourth-order valence-corrected chi connectivity index (χ4v) is 4.63. The van der Waals surface area contributed by atoms with Gasteiger partial charge in [-0.15, -0.1) is 0 Å². The van der Waals surface area contributed by atoms with Gasteiger partial charge in [0.15, 0.2) is 5.78 Å². The largest absolute Gasteiger partial charge is 0.383 e. The van der Waals surface area contributed by atoms with Gasteiger partial charge in [-0.3, -0.25) is 4.79 Å². The summed E-state index contributed by atoms with van der Waals surface area (Å²) in [6.07, 6.45) is 1.95. The van der Waals surface area contributed by atoms with E-state index in [1.165, 1.54) is 12.1 Å². The predicted octanol–water partition coefficient (Wildman–Crippen LogP) is 4.93. The van der Waals surface area contributed by atoms with Crippen LogP contribution in [0.5, 0.6) is 11.5 Å². The Morgan fingerprint density at radius 1 is 0.583 bits per heavy atom. The van der Waals surface area contributed by atoms with Gasteiger partial charge in [-0.1, -0.05) is 78.9 Å². The molecule has 0 aliphatic rings. The fourth-order valence-electron chi connectivity index (χ4n) is 3.70. The van der Waals surface area contributed by atoms with E-state index >= 15 is 0 Å². The fraction of sp³-hybridized carbons (Fsp3) is 0.0741. The van der Waals surface area contributed by atoms with E-state index in [0.717, 1.165) is 18.1 Å². The highest BCUT2D eigenvalue weighted by Crippen LogP contribution is 2.32. The second-order valence-corrected chi connectivity index (χ2v) is 11.2. The quantitative estimate of drug-likeness (QED) is 0.239. The van der Waals surface area contributed by atoms with Gasteiger partial charge in [0.05, 0.1) is 12.5 Å². The minimum absolute atomic E-state index is 0.181. The molecule has 0 N–H and O–H groups in total. The molecular weight excluding hydrogens is 500 g/mol. The maximum Gasteiger partial charge on any atom is 0.306 e. The highest BCUT2D eigenvalue weighted by molar-refractivity contribution is 7.86. The lowest BCUT2D eigenvalue weighted by atomic mass is 9.93. The molecule has 0 aliphatic heterocycles. The number of ketones is 1. The molecule has 4 aromatic carbocycles. The second kappa shape index (κ2) is 9.96. The van der Waals surface area contributed by atoms with Crippen molar-refractivity contribution in [1.82, 2.24) is 0 Å². The van der Waals surface area contributed by atoms with Crippen LogP contribution in [-0.4, -0.2) is 35.1 Å². The van der Waals surface area contributed by atoms with Crippen molar-refractivity contribution in [2.75, 3.05) is 12.5 Å². The molecule has 4 aromatic rings. The van der Waals surface area contributed by atoms with Crippen molar-refractivity contribution >= 4 is 26.0 Å². The molecule has 0 saturated heterocycles. The topological polar surface area (TPSA) is 104 Å². The number of carbonyl (C=O) groups excluding carboxylic acids is 1. The Hall–Kier alpha value is -3.95. The molecule has 9 heteroatoms. The molecule has 0 radical (unpaired) electrons. The van der Waals surface area contributed by atoms with Crippen LogP contribution >= 0.6 is 0 Å². The number of hydrogen-bond acceptors (Lipinski definition) is 7. The van der Waals surface area contributed by atoms with E-state index in [0.29, 0.717) is 27.8 Å². The van der Waals surface area contributed by atoms with Gasteiger partial charge in [0, 0.05) is 16.7 Å². The number of para-hydroxylation sites is 1. The second-order valence-electron chi connectivity index (χ2n) is 8.05. The molecule has 0 bridgehead atoms. The molecule has 0 spiro atoms. The van der Waals surface area contributed by atoms with Gasteiger partial charge in [-0.05, 0) is 34.9 Å². The summed E-state index contributed by atoms with van der Waals surface area (Å²) in [4.78, 5) is 13.4. The maximum absolute atomic E-state index is 13.4. The molecule has 0 amide bonds. The Balaban J connectivity index is 1.63. The maximum atomic E-state index is 13.4. The Morgan fingerprint density at radius 3 is 1.69 bits per heavy atom. The Morgan fingerprint density at radius 2 is 1.08 bits per heavy atom. The lowest BCUT2D eigenvalue weighted by Crippen LogP contribution is -2.06. The molecule has 0 heterocycles. The molecule has 0 aliphatic carbocycles. The molecule has 0 saturated carbocycles. The first-order valence-electron chi connectivity index (χ1n) is 10.7. The summed E-state index contributed by atoms with van der Waals surface area (Å²) in [5.41, 5.74) is 3.61. The van der Waals surface area contributed by atoms with Crippen LogP contribution in [0.1, 0.15) is 15.9 Å². The summed E-state index contributed by atoms with van der Waals surface area (Å²) in [6.45, 7) is 0. The van der Waals surface area contributed by atoms with Gasteiger partial charge in [-0.25, -0.2) is 0 Å². The molecule has 0 fully saturated rings. The highest BCUT2D eigenvalue weighted by Gasteiger charge is 2.16. The summed E-state index contributed by atoms with van der Waals surface area (Å²) in [6, 6.07) is 27.1. The third-order valence-electron chi connectivity index (χ3n) is 5.17. The Labute approximate surface area is 210 Å². The van der Waals surface area contributed by atoms with Crippen molar-refractivity contribution < 1.29 is 30.0 Å². The zero-order chi connectivity index (χ0) is 25.9. The van der Waals surface area contributed by atoms with Gasteiger partial charge in [0.25, 0.3) is 0 Å².